The average Bonchev–Trinajstić information content (AvgIpc) is 3.07. The van der Waals surface area contributed by atoms with Crippen LogP contribution in [-0.4, -0.2) is 27.3 Å². The number of tetrazole rings is 1. The molecule has 0 unspecified atom stereocenters. The number of benzene rings is 1. The molecule has 0 saturated heterocycles. The van der Waals surface area contributed by atoms with Gasteiger partial charge in [0.15, 0.2) is 5.82 Å². The number of nitrogens with one attached hydrogen (secondary N) is 1. The van der Waals surface area contributed by atoms with Gasteiger partial charge in [-0.3, -0.25) is 0 Å². The minimum atomic E-state index is 0.508. The summed E-state index contributed by atoms with van der Waals surface area (Å²) in [5.41, 5.74) is 2.16. The average molecular weight is 215 g/mol. The van der Waals surface area contributed by atoms with Crippen LogP contribution in [0.4, 0.5) is 5.69 Å². The Morgan fingerprint density at radius 3 is 2.62 bits per heavy atom. The van der Waals surface area contributed by atoms with Crippen LogP contribution >= 0.6 is 0 Å². The number of rotatable bonds is 3. The summed E-state index contributed by atoms with van der Waals surface area (Å²) < 4.78 is 1.92. The molecular formula is C11H13N5. The number of nitrogens with zero attached hydrogens (tertiary/aromatic N) is 4. The molecule has 0 amide bonds. The van der Waals surface area contributed by atoms with Crippen molar-refractivity contribution >= 4 is 5.69 Å². The maximum Gasteiger partial charge on any atom is 0.182 e. The van der Waals surface area contributed by atoms with Gasteiger partial charge < -0.3 is 5.32 Å². The molecule has 1 aromatic carbocycles. The SMILES string of the molecule is CNc1ccc(-c2nnnn2C2CC2)cc1. The molecule has 1 heterocycles. The second kappa shape index (κ2) is 3.59. The Morgan fingerprint density at radius 2 is 2.00 bits per heavy atom. The van der Waals surface area contributed by atoms with Gasteiger partial charge in [0.2, 0.25) is 0 Å². The van der Waals surface area contributed by atoms with Crippen molar-refractivity contribution < 1.29 is 0 Å². The molecule has 2 aromatic rings. The lowest BCUT2D eigenvalue weighted by molar-refractivity contribution is 0.615. The first-order chi connectivity index (χ1) is 7.88. The summed E-state index contributed by atoms with van der Waals surface area (Å²) in [5, 5.41) is 15.0. The summed E-state index contributed by atoms with van der Waals surface area (Å²) in [6.07, 6.45) is 2.37. The first-order valence-corrected chi connectivity index (χ1v) is 5.44. The molecule has 0 atom stereocenters. The smallest absolute Gasteiger partial charge is 0.182 e. The van der Waals surface area contributed by atoms with E-state index in [0.29, 0.717) is 6.04 Å². The van der Waals surface area contributed by atoms with E-state index in [0.717, 1.165) is 17.1 Å². The van der Waals surface area contributed by atoms with Crippen molar-refractivity contribution in [2.24, 2.45) is 0 Å². The summed E-state index contributed by atoms with van der Waals surface area (Å²) >= 11 is 0. The van der Waals surface area contributed by atoms with Crippen LogP contribution in [0.5, 0.6) is 0 Å². The predicted molar refractivity (Wildman–Crippen MR) is 61.1 cm³/mol. The number of aromatic nitrogens is 4. The predicted octanol–water partition coefficient (Wildman–Crippen LogP) is 1.72. The van der Waals surface area contributed by atoms with Crippen molar-refractivity contribution in [3.8, 4) is 11.4 Å². The van der Waals surface area contributed by atoms with Gasteiger partial charge in [0.05, 0.1) is 6.04 Å². The van der Waals surface area contributed by atoms with E-state index in [4.69, 9.17) is 0 Å². The zero-order valence-electron chi connectivity index (χ0n) is 9.09. The van der Waals surface area contributed by atoms with E-state index in [2.05, 4.69) is 20.8 Å². The lowest BCUT2D eigenvalue weighted by Crippen LogP contribution is -1.99. The van der Waals surface area contributed by atoms with Crippen molar-refractivity contribution in [3.05, 3.63) is 24.3 Å². The molecule has 5 nitrogen and oxygen atoms in total. The Labute approximate surface area is 93.5 Å². The molecule has 1 aromatic heterocycles. The van der Waals surface area contributed by atoms with Crippen LogP contribution in [0.15, 0.2) is 24.3 Å². The zero-order chi connectivity index (χ0) is 11.0. The normalized spacial score (nSPS) is 15.1. The van der Waals surface area contributed by atoms with Gasteiger partial charge in [0, 0.05) is 18.3 Å². The minimum absolute atomic E-state index is 0.508. The Morgan fingerprint density at radius 1 is 1.25 bits per heavy atom. The summed E-state index contributed by atoms with van der Waals surface area (Å²) in [4.78, 5) is 0. The number of anilines is 1. The zero-order valence-corrected chi connectivity index (χ0v) is 9.09. The van der Waals surface area contributed by atoms with Crippen molar-refractivity contribution in [1.29, 1.82) is 0 Å². The highest BCUT2D eigenvalue weighted by Crippen LogP contribution is 2.36. The van der Waals surface area contributed by atoms with Crippen LogP contribution in [0.3, 0.4) is 0 Å². The Bertz CT molecular complexity index is 483. The quantitative estimate of drug-likeness (QED) is 0.847. The van der Waals surface area contributed by atoms with Gasteiger partial charge in [-0.1, -0.05) is 0 Å². The topological polar surface area (TPSA) is 55.6 Å². The van der Waals surface area contributed by atoms with Crippen molar-refractivity contribution in [2.45, 2.75) is 18.9 Å². The highest BCUT2D eigenvalue weighted by atomic mass is 15.6. The highest BCUT2D eigenvalue weighted by Gasteiger charge is 2.28. The molecule has 1 aliphatic rings. The monoisotopic (exact) mass is 215 g/mol. The van der Waals surface area contributed by atoms with Crippen LogP contribution in [0.25, 0.3) is 11.4 Å². The first-order valence-electron chi connectivity index (χ1n) is 5.44. The molecular weight excluding hydrogens is 202 g/mol. The Hall–Kier alpha value is -1.91. The molecule has 3 rings (SSSR count). The molecule has 5 heteroatoms. The van der Waals surface area contributed by atoms with Gasteiger partial charge in [0.25, 0.3) is 0 Å². The van der Waals surface area contributed by atoms with Crippen molar-refractivity contribution in [3.63, 3.8) is 0 Å². The molecule has 0 aliphatic heterocycles. The molecule has 0 radical (unpaired) electrons. The minimum Gasteiger partial charge on any atom is -0.388 e. The highest BCUT2D eigenvalue weighted by molar-refractivity contribution is 5.59. The summed E-state index contributed by atoms with van der Waals surface area (Å²) in [6, 6.07) is 8.64. The lowest BCUT2D eigenvalue weighted by Gasteiger charge is -2.04. The van der Waals surface area contributed by atoms with Gasteiger partial charge >= 0.3 is 0 Å². The number of hydrogen-bond donors (Lipinski definition) is 1. The molecule has 82 valence electrons. The van der Waals surface area contributed by atoms with Gasteiger partial charge in [-0.05, 0) is 47.5 Å². The first kappa shape index (κ1) is 9.33. The summed E-state index contributed by atoms with van der Waals surface area (Å²) in [5.74, 6) is 0.866. The lowest BCUT2D eigenvalue weighted by atomic mass is 10.2. The summed E-state index contributed by atoms with van der Waals surface area (Å²) in [7, 11) is 1.91. The third-order valence-electron chi connectivity index (χ3n) is 2.82. The van der Waals surface area contributed by atoms with Crippen molar-refractivity contribution in [2.75, 3.05) is 12.4 Å². The van der Waals surface area contributed by atoms with E-state index >= 15 is 0 Å². The van der Waals surface area contributed by atoms with Crippen LogP contribution < -0.4 is 5.32 Å². The fourth-order valence-corrected chi connectivity index (χ4v) is 1.73. The van der Waals surface area contributed by atoms with E-state index in [1.165, 1.54) is 12.8 Å². The largest absolute Gasteiger partial charge is 0.388 e. The van der Waals surface area contributed by atoms with E-state index in [-0.39, 0.29) is 0 Å². The van der Waals surface area contributed by atoms with Gasteiger partial charge in [-0.2, -0.15) is 0 Å². The van der Waals surface area contributed by atoms with E-state index in [1.54, 1.807) is 0 Å². The maximum atomic E-state index is 4.08. The number of hydrogen-bond acceptors (Lipinski definition) is 4. The van der Waals surface area contributed by atoms with Crippen LogP contribution in [0.1, 0.15) is 18.9 Å². The molecule has 1 aliphatic carbocycles. The fourth-order valence-electron chi connectivity index (χ4n) is 1.73. The van der Waals surface area contributed by atoms with Crippen LogP contribution in [0, 0.1) is 0 Å². The second-order valence-electron chi connectivity index (χ2n) is 4.01. The molecule has 1 N–H and O–H groups in total. The van der Waals surface area contributed by atoms with E-state index in [1.807, 2.05) is 36.0 Å². The van der Waals surface area contributed by atoms with Gasteiger partial charge in [-0.25, -0.2) is 4.68 Å². The third-order valence-corrected chi connectivity index (χ3v) is 2.82. The van der Waals surface area contributed by atoms with Crippen LogP contribution in [-0.2, 0) is 0 Å². The van der Waals surface area contributed by atoms with Crippen LogP contribution in [0.2, 0.25) is 0 Å². The summed E-state index contributed by atoms with van der Waals surface area (Å²) in [6.45, 7) is 0. The van der Waals surface area contributed by atoms with Gasteiger partial charge in [-0.15, -0.1) is 5.10 Å². The van der Waals surface area contributed by atoms with Crippen molar-refractivity contribution in [1.82, 2.24) is 20.2 Å². The Balaban J connectivity index is 1.97. The Kier molecular flexibility index (Phi) is 2.09. The fraction of sp³-hybridized carbons (Fsp3) is 0.364. The standard InChI is InChI=1S/C11H13N5/c1-12-9-4-2-8(3-5-9)11-13-14-15-16(11)10-6-7-10/h2-5,10,12H,6-7H2,1H3. The van der Waals surface area contributed by atoms with E-state index < -0.39 is 0 Å². The molecule has 1 fully saturated rings. The molecule has 1 saturated carbocycles. The second-order valence-corrected chi connectivity index (χ2v) is 4.01. The van der Waals surface area contributed by atoms with Gasteiger partial charge in [0.1, 0.15) is 0 Å². The molecule has 16 heavy (non-hydrogen) atoms. The van der Waals surface area contributed by atoms with E-state index in [9.17, 15) is 0 Å². The molecule has 0 bridgehead atoms. The third kappa shape index (κ3) is 1.54. The molecule has 0 spiro atoms. The maximum absolute atomic E-state index is 4.08.